The Morgan fingerprint density at radius 2 is 1.94 bits per heavy atom. The first-order valence-corrected chi connectivity index (χ1v) is 11.5. The third-order valence-corrected chi connectivity index (χ3v) is 6.30. The lowest BCUT2D eigenvalue weighted by Crippen LogP contribution is -2.36. The van der Waals surface area contributed by atoms with Crippen molar-refractivity contribution in [3.05, 3.63) is 54.4 Å². The van der Waals surface area contributed by atoms with Gasteiger partial charge in [0.25, 0.3) is 0 Å². The molecule has 1 aliphatic rings. The van der Waals surface area contributed by atoms with E-state index >= 15 is 0 Å². The molecule has 1 amide bonds. The van der Waals surface area contributed by atoms with Gasteiger partial charge in [-0.05, 0) is 36.8 Å². The minimum Gasteiger partial charge on any atom is -0.421 e. The van der Waals surface area contributed by atoms with E-state index in [9.17, 15) is 4.79 Å². The molecule has 0 bridgehead atoms. The second-order valence-electron chi connectivity index (χ2n) is 7.55. The Balaban J connectivity index is 1.14. The topological polar surface area (TPSA) is 93.4 Å². The lowest BCUT2D eigenvalue weighted by molar-refractivity contribution is -0.116. The van der Waals surface area contributed by atoms with Gasteiger partial charge in [-0.2, -0.15) is 0 Å². The van der Waals surface area contributed by atoms with Crippen LogP contribution in [0.3, 0.4) is 0 Å². The maximum absolute atomic E-state index is 12.4. The molecule has 0 aliphatic carbocycles. The van der Waals surface area contributed by atoms with Gasteiger partial charge in [-0.25, -0.2) is 4.98 Å². The number of nitrogens with one attached hydrogen (secondary N) is 1. The molecule has 1 fully saturated rings. The van der Waals surface area contributed by atoms with Crippen LogP contribution in [0.1, 0.15) is 18.7 Å². The van der Waals surface area contributed by atoms with Crippen LogP contribution in [0, 0.1) is 0 Å². The number of amides is 1. The van der Waals surface area contributed by atoms with E-state index in [-0.39, 0.29) is 5.91 Å². The van der Waals surface area contributed by atoms with Crippen LogP contribution in [0.25, 0.3) is 21.7 Å². The number of morpholine rings is 1. The number of carbonyl (C=O) groups excluding carboxylic acids is 1. The van der Waals surface area contributed by atoms with Gasteiger partial charge >= 0.3 is 0 Å². The van der Waals surface area contributed by atoms with Crippen LogP contribution in [0.2, 0.25) is 0 Å². The molecule has 0 radical (unpaired) electrons. The number of fused-ring (bicyclic) bond motifs is 1. The van der Waals surface area contributed by atoms with Crippen LogP contribution in [0.4, 0.5) is 10.8 Å². The molecule has 32 heavy (non-hydrogen) atoms. The van der Waals surface area contributed by atoms with Crippen LogP contribution in [-0.4, -0.2) is 47.4 Å². The zero-order chi connectivity index (χ0) is 21.8. The fourth-order valence-electron chi connectivity index (χ4n) is 3.56. The van der Waals surface area contributed by atoms with Crippen LogP contribution >= 0.6 is 11.3 Å². The number of thiazole rings is 1. The highest BCUT2D eigenvalue weighted by atomic mass is 32.1. The van der Waals surface area contributed by atoms with Crippen molar-refractivity contribution in [2.45, 2.75) is 19.3 Å². The van der Waals surface area contributed by atoms with Crippen molar-refractivity contribution in [1.29, 1.82) is 0 Å². The quantitative estimate of drug-likeness (QED) is 0.453. The van der Waals surface area contributed by atoms with Crippen molar-refractivity contribution in [2.24, 2.45) is 0 Å². The molecular weight excluding hydrogens is 426 g/mol. The monoisotopic (exact) mass is 449 g/mol. The number of aryl methyl sites for hydroxylation is 1. The standard InChI is InChI=1S/C23H23N5O3S/c29-20(7-4-8-21-26-27-22(31-21)16-5-2-1-3-6-16)24-17-9-10-18-19(15-17)32-23(25-18)28-11-13-30-14-12-28/h1-3,5-6,9-10,15H,4,7-8,11-14H2,(H,24,29). The Morgan fingerprint density at radius 1 is 1.09 bits per heavy atom. The van der Waals surface area contributed by atoms with Gasteiger partial charge in [0.2, 0.25) is 17.7 Å². The van der Waals surface area contributed by atoms with Gasteiger partial charge in [-0.3, -0.25) is 4.79 Å². The summed E-state index contributed by atoms with van der Waals surface area (Å²) >= 11 is 1.64. The first-order valence-electron chi connectivity index (χ1n) is 10.7. The summed E-state index contributed by atoms with van der Waals surface area (Å²) in [5.41, 5.74) is 2.61. The van der Waals surface area contributed by atoms with Crippen LogP contribution in [-0.2, 0) is 16.0 Å². The number of anilines is 2. The van der Waals surface area contributed by atoms with Crippen LogP contribution in [0.15, 0.2) is 52.9 Å². The molecule has 1 N–H and O–H groups in total. The van der Waals surface area contributed by atoms with Gasteiger partial charge in [0.15, 0.2) is 5.13 Å². The predicted molar refractivity (Wildman–Crippen MR) is 124 cm³/mol. The van der Waals surface area contributed by atoms with Crippen molar-refractivity contribution in [3.63, 3.8) is 0 Å². The molecule has 4 aromatic rings. The van der Waals surface area contributed by atoms with Crippen molar-refractivity contribution in [2.75, 3.05) is 36.5 Å². The van der Waals surface area contributed by atoms with E-state index in [1.54, 1.807) is 11.3 Å². The van der Waals surface area contributed by atoms with Gasteiger partial charge in [0, 0.05) is 37.2 Å². The second-order valence-corrected chi connectivity index (χ2v) is 8.56. The normalized spacial score (nSPS) is 14.1. The highest BCUT2D eigenvalue weighted by Gasteiger charge is 2.16. The molecule has 3 heterocycles. The van der Waals surface area contributed by atoms with Crippen molar-refractivity contribution < 1.29 is 13.9 Å². The molecular formula is C23H23N5O3S. The SMILES string of the molecule is O=C(CCCc1nnc(-c2ccccc2)o1)Nc1ccc2nc(N3CCOCC3)sc2c1. The Labute approximate surface area is 189 Å². The largest absolute Gasteiger partial charge is 0.421 e. The third-order valence-electron chi connectivity index (χ3n) is 5.22. The second kappa shape index (κ2) is 9.46. The van der Waals surface area contributed by atoms with E-state index in [0.29, 0.717) is 31.0 Å². The van der Waals surface area contributed by atoms with Gasteiger partial charge in [-0.1, -0.05) is 29.5 Å². The third kappa shape index (κ3) is 4.79. The molecule has 8 nitrogen and oxygen atoms in total. The number of aromatic nitrogens is 3. The van der Waals surface area contributed by atoms with E-state index in [4.69, 9.17) is 14.1 Å². The van der Waals surface area contributed by atoms with Gasteiger partial charge in [0.1, 0.15) is 0 Å². The first-order chi connectivity index (χ1) is 15.7. The minimum atomic E-state index is -0.0370. The number of nitrogens with zero attached hydrogens (tertiary/aromatic N) is 4. The van der Waals surface area contributed by atoms with Crippen molar-refractivity contribution in [1.82, 2.24) is 15.2 Å². The van der Waals surface area contributed by atoms with E-state index in [1.165, 1.54) is 0 Å². The fourth-order valence-corrected chi connectivity index (χ4v) is 4.61. The van der Waals surface area contributed by atoms with E-state index < -0.39 is 0 Å². The van der Waals surface area contributed by atoms with E-state index in [2.05, 4.69) is 20.4 Å². The lowest BCUT2D eigenvalue weighted by atomic mass is 10.2. The van der Waals surface area contributed by atoms with Crippen LogP contribution < -0.4 is 10.2 Å². The fraction of sp³-hybridized carbons (Fsp3) is 0.304. The van der Waals surface area contributed by atoms with Crippen molar-refractivity contribution >= 4 is 38.3 Å². The Hall–Kier alpha value is -3.30. The molecule has 9 heteroatoms. The average molecular weight is 450 g/mol. The molecule has 1 aliphatic heterocycles. The lowest BCUT2D eigenvalue weighted by Gasteiger charge is -2.25. The summed E-state index contributed by atoms with van der Waals surface area (Å²) in [6.07, 6.45) is 1.57. The molecule has 2 aromatic heterocycles. The molecule has 0 spiro atoms. The summed E-state index contributed by atoms with van der Waals surface area (Å²) in [5.74, 6) is 1.00. The highest BCUT2D eigenvalue weighted by Crippen LogP contribution is 2.31. The molecule has 0 atom stereocenters. The summed E-state index contributed by atoms with van der Waals surface area (Å²) in [4.78, 5) is 19.4. The maximum atomic E-state index is 12.4. The van der Waals surface area contributed by atoms with Gasteiger partial charge in [-0.15, -0.1) is 10.2 Å². The Morgan fingerprint density at radius 3 is 2.78 bits per heavy atom. The summed E-state index contributed by atoms with van der Waals surface area (Å²) in [5, 5.41) is 12.1. The molecule has 2 aromatic carbocycles. The average Bonchev–Trinajstić information content (AvgIpc) is 3.47. The molecule has 164 valence electrons. The van der Waals surface area contributed by atoms with Crippen molar-refractivity contribution in [3.8, 4) is 11.5 Å². The molecule has 1 saturated heterocycles. The highest BCUT2D eigenvalue weighted by molar-refractivity contribution is 7.22. The van der Waals surface area contributed by atoms with E-state index in [1.807, 2.05) is 48.5 Å². The first kappa shape index (κ1) is 20.6. The van der Waals surface area contributed by atoms with E-state index in [0.717, 1.165) is 52.9 Å². The Bertz CT molecular complexity index is 1200. The number of hydrogen-bond acceptors (Lipinski definition) is 8. The number of ether oxygens (including phenoxy) is 1. The minimum absolute atomic E-state index is 0.0370. The maximum Gasteiger partial charge on any atom is 0.247 e. The number of rotatable bonds is 7. The zero-order valence-corrected chi connectivity index (χ0v) is 18.3. The molecule has 0 unspecified atom stereocenters. The number of carbonyl (C=O) groups is 1. The van der Waals surface area contributed by atoms with Crippen LogP contribution in [0.5, 0.6) is 0 Å². The van der Waals surface area contributed by atoms with Gasteiger partial charge in [0.05, 0.1) is 23.4 Å². The number of benzene rings is 2. The molecule has 0 saturated carbocycles. The predicted octanol–water partition coefficient (Wildman–Crippen LogP) is 4.14. The molecule has 5 rings (SSSR count). The Kier molecular flexibility index (Phi) is 6.09. The summed E-state index contributed by atoms with van der Waals surface area (Å²) in [7, 11) is 0. The smallest absolute Gasteiger partial charge is 0.247 e. The van der Waals surface area contributed by atoms with Gasteiger partial charge < -0.3 is 19.4 Å². The summed E-state index contributed by atoms with van der Waals surface area (Å²) in [6, 6.07) is 15.5. The summed E-state index contributed by atoms with van der Waals surface area (Å²) < 4.78 is 12.2. The number of hydrogen-bond donors (Lipinski definition) is 1. The zero-order valence-electron chi connectivity index (χ0n) is 17.5. The summed E-state index contributed by atoms with van der Waals surface area (Å²) in [6.45, 7) is 3.18.